The first-order chi connectivity index (χ1) is 6.88. The fraction of sp³-hybridized carbons (Fsp3) is 0.538. The number of nitrogens with one attached hydrogen (secondary N) is 1. The van der Waals surface area contributed by atoms with Crippen molar-refractivity contribution in [3.63, 3.8) is 0 Å². The van der Waals surface area contributed by atoms with Gasteiger partial charge in [-0.05, 0) is 36.5 Å². The predicted molar refractivity (Wildman–Crippen MR) is 61.7 cm³/mol. The van der Waals surface area contributed by atoms with Crippen LogP contribution >= 0.6 is 0 Å². The zero-order chi connectivity index (χ0) is 9.80. The van der Waals surface area contributed by atoms with Crippen LogP contribution in [0, 0.1) is 5.92 Å². The standard InChI is InChI=1S/C13H19N/c1-2-11-5-7-13(8-6-11)14-10-9-12-3-4-12/h5-8,12,14H,2-4,9-10H2,1H3. The second kappa shape index (κ2) is 4.50. The maximum atomic E-state index is 3.47. The summed E-state index contributed by atoms with van der Waals surface area (Å²) >= 11 is 0. The van der Waals surface area contributed by atoms with Crippen LogP contribution in [0.15, 0.2) is 24.3 Å². The molecule has 0 radical (unpaired) electrons. The van der Waals surface area contributed by atoms with Crippen molar-refractivity contribution >= 4 is 5.69 Å². The van der Waals surface area contributed by atoms with Gasteiger partial charge in [0, 0.05) is 12.2 Å². The normalized spacial score (nSPS) is 15.5. The van der Waals surface area contributed by atoms with Crippen molar-refractivity contribution in [2.24, 2.45) is 5.92 Å². The Hall–Kier alpha value is -0.980. The molecule has 1 aliphatic rings. The molecule has 0 saturated heterocycles. The molecule has 1 N–H and O–H groups in total. The quantitative estimate of drug-likeness (QED) is 0.748. The molecule has 0 bridgehead atoms. The number of anilines is 1. The van der Waals surface area contributed by atoms with E-state index in [0.717, 1.165) is 18.9 Å². The highest BCUT2D eigenvalue weighted by atomic mass is 14.9. The van der Waals surface area contributed by atoms with Crippen molar-refractivity contribution in [2.45, 2.75) is 32.6 Å². The molecule has 1 aliphatic carbocycles. The zero-order valence-electron chi connectivity index (χ0n) is 8.92. The third kappa shape index (κ3) is 2.76. The first-order valence-corrected chi connectivity index (χ1v) is 5.71. The number of benzene rings is 1. The van der Waals surface area contributed by atoms with Gasteiger partial charge in [-0.1, -0.05) is 31.9 Å². The maximum absolute atomic E-state index is 3.47. The Kier molecular flexibility index (Phi) is 3.07. The monoisotopic (exact) mass is 189 g/mol. The van der Waals surface area contributed by atoms with E-state index in [1.54, 1.807) is 0 Å². The van der Waals surface area contributed by atoms with Gasteiger partial charge in [-0.25, -0.2) is 0 Å². The van der Waals surface area contributed by atoms with Gasteiger partial charge in [0.15, 0.2) is 0 Å². The highest BCUT2D eigenvalue weighted by Crippen LogP contribution is 2.32. The molecule has 76 valence electrons. The molecule has 1 nitrogen and oxygen atoms in total. The Labute approximate surface area is 86.5 Å². The van der Waals surface area contributed by atoms with Gasteiger partial charge in [-0.3, -0.25) is 0 Å². The minimum absolute atomic E-state index is 1.03. The maximum Gasteiger partial charge on any atom is 0.0340 e. The fourth-order valence-electron chi connectivity index (χ4n) is 1.69. The largest absolute Gasteiger partial charge is 0.385 e. The van der Waals surface area contributed by atoms with Crippen LogP contribution in [0.5, 0.6) is 0 Å². The highest BCUT2D eigenvalue weighted by Gasteiger charge is 2.19. The van der Waals surface area contributed by atoms with Gasteiger partial charge in [0.2, 0.25) is 0 Å². The van der Waals surface area contributed by atoms with Crippen LogP contribution in [0.4, 0.5) is 5.69 Å². The lowest BCUT2D eigenvalue weighted by Crippen LogP contribution is -2.01. The molecular formula is C13H19N. The zero-order valence-corrected chi connectivity index (χ0v) is 8.92. The van der Waals surface area contributed by atoms with Crippen molar-refractivity contribution in [3.05, 3.63) is 29.8 Å². The summed E-state index contributed by atoms with van der Waals surface area (Å²) in [6.45, 7) is 3.33. The summed E-state index contributed by atoms with van der Waals surface area (Å²) in [7, 11) is 0. The van der Waals surface area contributed by atoms with Crippen LogP contribution in [0.3, 0.4) is 0 Å². The molecule has 2 rings (SSSR count). The van der Waals surface area contributed by atoms with E-state index in [9.17, 15) is 0 Å². The molecule has 0 aliphatic heterocycles. The van der Waals surface area contributed by atoms with Crippen LogP contribution in [0.2, 0.25) is 0 Å². The summed E-state index contributed by atoms with van der Waals surface area (Å²) < 4.78 is 0. The van der Waals surface area contributed by atoms with E-state index in [4.69, 9.17) is 0 Å². The van der Waals surface area contributed by atoms with E-state index >= 15 is 0 Å². The van der Waals surface area contributed by atoms with Crippen LogP contribution in [-0.2, 0) is 6.42 Å². The molecule has 1 saturated carbocycles. The topological polar surface area (TPSA) is 12.0 Å². The number of aryl methyl sites for hydroxylation is 1. The third-order valence-electron chi connectivity index (χ3n) is 2.94. The second-order valence-corrected chi connectivity index (χ2v) is 4.21. The van der Waals surface area contributed by atoms with Crippen molar-refractivity contribution in [1.82, 2.24) is 0 Å². The third-order valence-corrected chi connectivity index (χ3v) is 2.94. The van der Waals surface area contributed by atoms with Gasteiger partial charge in [-0.15, -0.1) is 0 Å². The van der Waals surface area contributed by atoms with Crippen LogP contribution in [0.25, 0.3) is 0 Å². The van der Waals surface area contributed by atoms with Gasteiger partial charge >= 0.3 is 0 Å². The van der Waals surface area contributed by atoms with E-state index in [-0.39, 0.29) is 0 Å². The van der Waals surface area contributed by atoms with Gasteiger partial charge in [0.1, 0.15) is 0 Å². The second-order valence-electron chi connectivity index (χ2n) is 4.21. The van der Waals surface area contributed by atoms with E-state index in [0.29, 0.717) is 0 Å². The number of hydrogen-bond acceptors (Lipinski definition) is 1. The average Bonchev–Trinajstić information content (AvgIpc) is 3.03. The molecule has 0 spiro atoms. The minimum Gasteiger partial charge on any atom is -0.385 e. The van der Waals surface area contributed by atoms with E-state index < -0.39 is 0 Å². The first-order valence-electron chi connectivity index (χ1n) is 5.71. The Balaban J connectivity index is 1.77. The lowest BCUT2D eigenvalue weighted by molar-refractivity contribution is 0.760. The van der Waals surface area contributed by atoms with Gasteiger partial charge in [0.25, 0.3) is 0 Å². The molecule has 0 atom stereocenters. The summed E-state index contributed by atoms with van der Waals surface area (Å²) in [6, 6.07) is 8.79. The van der Waals surface area contributed by atoms with Crippen LogP contribution in [-0.4, -0.2) is 6.54 Å². The van der Waals surface area contributed by atoms with E-state index in [1.807, 2.05) is 0 Å². The molecule has 0 unspecified atom stereocenters. The smallest absolute Gasteiger partial charge is 0.0340 e. The van der Waals surface area contributed by atoms with Crippen molar-refractivity contribution in [1.29, 1.82) is 0 Å². The van der Waals surface area contributed by atoms with Gasteiger partial charge < -0.3 is 5.32 Å². The fourth-order valence-corrected chi connectivity index (χ4v) is 1.69. The number of rotatable bonds is 5. The Morgan fingerprint density at radius 1 is 1.21 bits per heavy atom. The molecule has 0 aromatic heterocycles. The number of hydrogen-bond donors (Lipinski definition) is 1. The van der Waals surface area contributed by atoms with Crippen molar-refractivity contribution in [2.75, 3.05) is 11.9 Å². The Morgan fingerprint density at radius 3 is 2.50 bits per heavy atom. The molecule has 1 fully saturated rings. The molecule has 14 heavy (non-hydrogen) atoms. The van der Waals surface area contributed by atoms with E-state index in [2.05, 4.69) is 36.5 Å². The van der Waals surface area contributed by atoms with Gasteiger partial charge in [0.05, 0.1) is 0 Å². The lowest BCUT2D eigenvalue weighted by Gasteiger charge is -2.06. The lowest BCUT2D eigenvalue weighted by atomic mass is 10.1. The van der Waals surface area contributed by atoms with Crippen molar-refractivity contribution in [3.8, 4) is 0 Å². The van der Waals surface area contributed by atoms with Crippen LogP contribution in [0.1, 0.15) is 31.7 Å². The molecule has 1 aromatic carbocycles. The predicted octanol–water partition coefficient (Wildman–Crippen LogP) is 3.46. The highest BCUT2D eigenvalue weighted by molar-refractivity contribution is 5.44. The Bertz CT molecular complexity index is 272. The molecule has 1 heteroatoms. The van der Waals surface area contributed by atoms with Gasteiger partial charge in [-0.2, -0.15) is 0 Å². The molecule has 0 amide bonds. The molecule has 1 aromatic rings. The molecule has 0 heterocycles. The van der Waals surface area contributed by atoms with E-state index in [1.165, 1.54) is 30.5 Å². The summed E-state index contributed by atoms with van der Waals surface area (Å²) in [5.74, 6) is 1.03. The molecular weight excluding hydrogens is 170 g/mol. The minimum atomic E-state index is 1.03. The summed E-state index contributed by atoms with van der Waals surface area (Å²) in [6.07, 6.45) is 5.38. The Morgan fingerprint density at radius 2 is 1.93 bits per heavy atom. The summed E-state index contributed by atoms with van der Waals surface area (Å²) in [4.78, 5) is 0. The summed E-state index contributed by atoms with van der Waals surface area (Å²) in [5, 5.41) is 3.47. The van der Waals surface area contributed by atoms with Crippen LogP contribution < -0.4 is 5.32 Å². The van der Waals surface area contributed by atoms with Crippen molar-refractivity contribution < 1.29 is 0 Å². The summed E-state index contributed by atoms with van der Waals surface area (Å²) in [5.41, 5.74) is 2.68. The average molecular weight is 189 g/mol. The SMILES string of the molecule is CCc1ccc(NCCC2CC2)cc1. The first kappa shape index (κ1) is 9.57.